The molecule has 1 aliphatic rings. The van der Waals surface area contributed by atoms with Crippen LogP contribution in [0.2, 0.25) is 0 Å². The predicted molar refractivity (Wildman–Crippen MR) is 87.0 cm³/mol. The van der Waals surface area contributed by atoms with E-state index in [1.54, 1.807) is 23.0 Å². The number of nitrogens with zero attached hydrogens (tertiary/aromatic N) is 3. The number of nitrogens with one attached hydrogen (secondary N) is 1. The van der Waals surface area contributed by atoms with Crippen LogP contribution in [0.5, 0.6) is 0 Å². The first kappa shape index (κ1) is 17.3. The van der Waals surface area contributed by atoms with Crippen molar-refractivity contribution in [1.29, 1.82) is 0 Å². The molecule has 0 saturated carbocycles. The van der Waals surface area contributed by atoms with Gasteiger partial charge in [0, 0.05) is 39.6 Å². The molecule has 1 N–H and O–H groups in total. The highest BCUT2D eigenvalue weighted by Gasteiger charge is 2.22. The molecule has 0 spiro atoms. The number of urea groups is 1. The third kappa shape index (κ3) is 4.72. The van der Waals surface area contributed by atoms with Crippen molar-refractivity contribution in [3.63, 3.8) is 0 Å². The summed E-state index contributed by atoms with van der Waals surface area (Å²) in [5, 5.41) is 2.98. The van der Waals surface area contributed by atoms with Gasteiger partial charge in [-0.3, -0.25) is 9.69 Å². The van der Waals surface area contributed by atoms with E-state index in [0.29, 0.717) is 32.7 Å². The quantitative estimate of drug-likeness (QED) is 0.903. The second-order valence-corrected chi connectivity index (χ2v) is 6.03. The number of furan rings is 1. The molecular formula is C16H26N4O3. The van der Waals surface area contributed by atoms with Crippen LogP contribution in [-0.2, 0) is 4.79 Å². The largest absolute Gasteiger partial charge is 0.468 e. The first-order valence-corrected chi connectivity index (χ1v) is 7.97. The van der Waals surface area contributed by atoms with Crippen LogP contribution < -0.4 is 5.32 Å². The Kier molecular flexibility index (Phi) is 6.04. The molecule has 0 unspecified atom stereocenters. The van der Waals surface area contributed by atoms with E-state index in [4.69, 9.17) is 4.42 Å². The highest BCUT2D eigenvalue weighted by molar-refractivity contribution is 5.75. The van der Waals surface area contributed by atoms with E-state index in [-0.39, 0.29) is 18.0 Å². The topological polar surface area (TPSA) is 69.0 Å². The van der Waals surface area contributed by atoms with Gasteiger partial charge in [0.25, 0.3) is 0 Å². The van der Waals surface area contributed by atoms with Gasteiger partial charge >= 0.3 is 6.03 Å². The van der Waals surface area contributed by atoms with Crippen molar-refractivity contribution >= 4 is 11.9 Å². The van der Waals surface area contributed by atoms with Gasteiger partial charge in [-0.2, -0.15) is 0 Å². The summed E-state index contributed by atoms with van der Waals surface area (Å²) in [6.45, 7) is 4.60. The van der Waals surface area contributed by atoms with Crippen LogP contribution in [-0.4, -0.2) is 73.5 Å². The monoisotopic (exact) mass is 322 g/mol. The van der Waals surface area contributed by atoms with E-state index >= 15 is 0 Å². The van der Waals surface area contributed by atoms with E-state index in [1.807, 2.05) is 31.1 Å². The molecule has 128 valence electrons. The Labute approximate surface area is 137 Å². The molecule has 0 aromatic carbocycles. The number of hydrogen-bond acceptors (Lipinski definition) is 4. The fourth-order valence-electron chi connectivity index (χ4n) is 2.75. The third-order valence-electron chi connectivity index (χ3n) is 4.17. The fourth-order valence-corrected chi connectivity index (χ4v) is 2.75. The number of amides is 3. The molecule has 0 aliphatic carbocycles. The maximum atomic E-state index is 12.4. The molecule has 0 bridgehead atoms. The van der Waals surface area contributed by atoms with Crippen LogP contribution in [0.15, 0.2) is 22.8 Å². The molecule has 7 heteroatoms. The summed E-state index contributed by atoms with van der Waals surface area (Å²) in [4.78, 5) is 29.4. The third-order valence-corrected chi connectivity index (χ3v) is 4.17. The molecule has 1 saturated heterocycles. The summed E-state index contributed by atoms with van der Waals surface area (Å²) in [5.74, 6) is 0.895. The molecular weight excluding hydrogens is 296 g/mol. The van der Waals surface area contributed by atoms with Crippen LogP contribution in [0.3, 0.4) is 0 Å². The standard InChI is InChI=1S/C16H26N4O3/c1-13(21)19-7-5-8-20(10-9-19)16(22)17-12-14(18(2)3)15-6-4-11-23-15/h4,6,11,14H,5,7-10,12H2,1-3H3,(H,17,22)/t14-/m1/s1. The van der Waals surface area contributed by atoms with E-state index < -0.39 is 0 Å². The van der Waals surface area contributed by atoms with Gasteiger partial charge in [0.1, 0.15) is 5.76 Å². The molecule has 2 rings (SSSR count). The highest BCUT2D eigenvalue weighted by Crippen LogP contribution is 2.17. The first-order chi connectivity index (χ1) is 11.0. The molecule has 1 atom stereocenters. The summed E-state index contributed by atoms with van der Waals surface area (Å²) >= 11 is 0. The van der Waals surface area contributed by atoms with Gasteiger partial charge in [-0.05, 0) is 32.6 Å². The van der Waals surface area contributed by atoms with Gasteiger partial charge in [0.15, 0.2) is 0 Å². The number of carbonyl (C=O) groups is 2. The van der Waals surface area contributed by atoms with Crippen molar-refractivity contribution in [3.05, 3.63) is 24.2 Å². The lowest BCUT2D eigenvalue weighted by atomic mass is 10.2. The Morgan fingerprint density at radius 1 is 1.26 bits per heavy atom. The lowest BCUT2D eigenvalue weighted by Gasteiger charge is -2.26. The number of carbonyl (C=O) groups excluding carboxylic acids is 2. The molecule has 0 radical (unpaired) electrons. The minimum Gasteiger partial charge on any atom is -0.468 e. The average Bonchev–Trinajstić information content (AvgIpc) is 2.89. The second-order valence-electron chi connectivity index (χ2n) is 6.03. The van der Waals surface area contributed by atoms with Gasteiger partial charge < -0.3 is 19.5 Å². The zero-order valence-electron chi connectivity index (χ0n) is 14.1. The number of hydrogen-bond donors (Lipinski definition) is 1. The molecule has 1 aromatic rings. The van der Waals surface area contributed by atoms with Crippen molar-refractivity contribution in [2.24, 2.45) is 0 Å². The predicted octanol–water partition coefficient (Wildman–Crippen LogP) is 1.15. The molecule has 1 aromatic heterocycles. The normalized spacial score (nSPS) is 17.0. The molecule has 1 aliphatic heterocycles. The minimum absolute atomic E-state index is 0.00496. The number of likely N-dealkylation sites (N-methyl/N-ethyl adjacent to an activating group) is 1. The zero-order valence-corrected chi connectivity index (χ0v) is 14.1. The van der Waals surface area contributed by atoms with Crippen molar-refractivity contribution in [1.82, 2.24) is 20.0 Å². The van der Waals surface area contributed by atoms with Gasteiger partial charge in [-0.1, -0.05) is 0 Å². The van der Waals surface area contributed by atoms with Gasteiger partial charge in [-0.25, -0.2) is 4.79 Å². The Hall–Kier alpha value is -2.02. The first-order valence-electron chi connectivity index (χ1n) is 7.97. The van der Waals surface area contributed by atoms with E-state index in [0.717, 1.165) is 12.2 Å². The average molecular weight is 322 g/mol. The van der Waals surface area contributed by atoms with Crippen LogP contribution >= 0.6 is 0 Å². The molecule has 23 heavy (non-hydrogen) atoms. The molecule has 2 heterocycles. The molecule has 1 fully saturated rings. The molecule has 3 amide bonds. The highest BCUT2D eigenvalue weighted by atomic mass is 16.3. The maximum Gasteiger partial charge on any atom is 0.317 e. The lowest BCUT2D eigenvalue weighted by molar-refractivity contribution is -0.128. The SMILES string of the molecule is CC(=O)N1CCCN(C(=O)NC[C@H](c2ccco2)N(C)C)CC1. The fraction of sp³-hybridized carbons (Fsp3) is 0.625. The Bertz CT molecular complexity index is 515. The number of rotatable bonds is 4. The van der Waals surface area contributed by atoms with E-state index in [2.05, 4.69) is 5.32 Å². The van der Waals surface area contributed by atoms with Crippen LogP contribution in [0.4, 0.5) is 4.79 Å². The van der Waals surface area contributed by atoms with Gasteiger partial charge in [0.05, 0.1) is 12.3 Å². The summed E-state index contributed by atoms with van der Waals surface area (Å²) in [5.41, 5.74) is 0. The zero-order chi connectivity index (χ0) is 16.8. The van der Waals surface area contributed by atoms with Crippen LogP contribution in [0.1, 0.15) is 25.1 Å². The van der Waals surface area contributed by atoms with Crippen molar-refractivity contribution in [2.45, 2.75) is 19.4 Å². The van der Waals surface area contributed by atoms with Crippen molar-refractivity contribution < 1.29 is 14.0 Å². The Morgan fingerprint density at radius 3 is 2.57 bits per heavy atom. The van der Waals surface area contributed by atoms with E-state index in [1.165, 1.54) is 0 Å². The summed E-state index contributed by atoms with van der Waals surface area (Å²) in [6, 6.07) is 3.66. The maximum absolute atomic E-state index is 12.4. The van der Waals surface area contributed by atoms with Crippen molar-refractivity contribution in [3.8, 4) is 0 Å². The van der Waals surface area contributed by atoms with Crippen LogP contribution in [0.25, 0.3) is 0 Å². The minimum atomic E-state index is -0.0891. The summed E-state index contributed by atoms with van der Waals surface area (Å²) in [6.07, 6.45) is 2.45. The van der Waals surface area contributed by atoms with Crippen LogP contribution in [0, 0.1) is 0 Å². The Balaban J connectivity index is 1.87. The Morgan fingerprint density at radius 2 is 1.96 bits per heavy atom. The second kappa shape index (κ2) is 8.01. The van der Waals surface area contributed by atoms with E-state index in [9.17, 15) is 9.59 Å². The summed E-state index contributed by atoms with van der Waals surface area (Å²) < 4.78 is 5.44. The van der Waals surface area contributed by atoms with Gasteiger partial charge in [-0.15, -0.1) is 0 Å². The van der Waals surface area contributed by atoms with Gasteiger partial charge in [0.2, 0.25) is 5.91 Å². The lowest BCUT2D eigenvalue weighted by Crippen LogP contribution is -2.44. The van der Waals surface area contributed by atoms with Crippen molar-refractivity contribution in [2.75, 3.05) is 46.8 Å². The molecule has 7 nitrogen and oxygen atoms in total. The summed E-state index contributed by atoms with van der Waals surface area (Å²) in [7, 11) is 3.91. The smallest absolute Gasteiger partial charge is 0.317 e.